The van der Waals surface area contributed by atoms with E-state index in [1.165, 1.54) is 5.56 Å². The Labute approximate surface area is 101 Å². The largest absolute Gasteiger partial charge is 0.384 e. The van der Waals surface area contributed by atoms with Gasteiger partial charge >= 0.3 is 0 Å². The minimum Gasteiger partial charge on any atom is -0.384 e. The summed E-state index contributed by atoms with van der Waals surface area (Å²) in [6.07, 6.45) is 3.27. The van der Waals surface area contributed by atoms with E-state index in [1.807, 2.05) is 6.07 Å². The van der Waals surface area contributed by atoms with Crippen molar-refractivity contribution in [1.82, 2.24) is 4.72 Å². The summed E-state index contributed by atoms with van der Waals surface area (Å²) in [6, 6.07) is 5.33. The van der Waals surface area contributed by atoms with Gasteiger partial charge in [0.2, 0.25) is 10.0 Å². The van der Waals surface area contributed by atoms with Crippen LogP contribution in [0.4, 0.5) is 5.69 Å². The van der Waals surface area contributed by atoms with E-state index in [1.54, 1.807) is 12.1 Å². The summed E-state index contributed by atoms with van der Waals surface area (Å²) >= 11 is 0. The Morgan fingerprint density at radius 3 is 2.94 bits per heavy atom. The van der Waals surface area contributed by atoms with Crippen molar-refractivity contribution >= 4 is 15.7 Å². The van der Waals surface area contributed by atoms with Gasteiger partial charge < -0.3 is 5.32 Å². The molecule has 1 aliphatic carbocycles. The molecule has 1 heterocycles. The van der Waals surface area contributed by atoms with Crippen LogP contribution in [0.25, 0.3) is 0 Å². The van der Waals surface area contributed by atoms with Crippen LogP contribution in [0.2, 0.25) is 0 Å². The second-order valence-corrected chi connectivity index (χ2v) is 6.56. The fraction of sp³-hybridized carbons (Fsp3) is 0.500. The Bertz CT molecular complexity index is 535. The van der Waals surface area contributed by atoms with E-state index in [0.29, 0.717) is 17.4 Å². The number of hydrogen-bond acceptors (Lipinski definition) is 3. The van der Waals surface area contributed by atoms with Crippen molar-refractivity contribution < 1.29 is 8.42 Å². The van der Waals surface area contributed by atoms with E-state index in [4.69, 9.17) is 0 Å². The molecule has 1 saturated carbocycles. The summed E-state index contributed by atoms with van der Waals surface area (Å²) < 4.78 is 26.7. The Hall–Kier alpha value is -1.07. The number of fused-ring (bicyclic) bond motifs is 1. The molecule has 4 nitrogen and oxygen atoms in total. The van der Waals surface area contributed by atoms with Crippen LogP contribution in [0.5, 0.6) is 0 Å². The van der Waals surface area contributed by atoms with Crippen LogP contribution in [0.15, 0.2) is 23.1 Å². The molecule has 2 N–H and O–H groups in total. The van der Waals surface area contributed by atoms with Gasteiger partial charge in [0.05, 0.1) is 4.90 Å². The topological polar surface area (TPSA) is 58.2 Å². The second-order valence-electron chi connectivity index (χ2n) is 4.79. The van der Waals surface area contributed by atoms with E-state index in [9.17, 15) is 8.42 Å². The van der Waals surface area contributed by atoms with Crippen LogP contribution >= 0.6 is 0 Å². The average Bonchev–Trinajstić information content (AvgIpc) is 3.02. The maximum absolute atomic E-state index is 12.0. The van der Waals surface area contributed by atoms with Crippen molar-refractivity contribution in [2.75, 3.05) is 18.4 Å². The van der Waals surface area contributed by atoms with Crippen LogP contribution in [-0.2, 0) is 16.4 Å². The van der Waals surface area contributed by atoms with Gasteiger partial charge in [0.1, 0.15) is 0 Å². The fourth-order valence-electron chi connectivity index (χ4n) is 2.07. The third kappa shape index (κ3) is 2.30. The lowest BCUT2D eigenvalue weighted by Crippen LogP contribution is -2.25. The Kier molecular flexibility index (Phi) is 2.60. The molecular weight excluding hydrogens is 236 g/mol. The monoisotopic (exact) mass is 252 g/mol. The molecule has 2 aliphatic rings. The normalized spacial score (nSPS) is 18.8. The molecule has 17 heavy (non-hydrogen) atoms. The molecule has 1 aromatic carbocycles. The molecule has 0 saturated heterocycles. The minimum absolute atomic E-state index is 0.367. The Balaban J connectivity index is 1.82. The molecule has 0 atom stereocenters. The molecule has 0 spiro atoms. The molecule has 1 aromatic rings. The van der Waals surface area contributed by atoms with Crippen molar-refractivity contribution in [3.8, 4) is 0 Å². The number of sulfonamides is 1. The number of hydrogen-bond donors (Lipinski definition) is 2. The molecular formula is C12H16N2O2S. The molecule has 0 aromatic heterocycles. The number of nitrogens with one attached hydrogen (secondary N) is 2. The predicted octanol–water partition coefficient (Wildman–Crippen LogP) is 1.34. The van der Waals surface area contributed by atoms with Gasteiger partial charge in [-0.2, -0.15) is 0 Å². The molecule has 1 aliphatic heterocycles. The van der Waals surface area contributed by atoms with Crippen molar-refractivity contribution in [3.05, 3.63) is 23.8 Å². The van der Waals surface area contributed by atoms with E-state index in [-0.39, 0.29) is 0 Å². The zero-order valence-corrected chi connectivity index (χ0v) is 10.4. The van der Waals surface area contributed by atoms with Crippen molar-refractivity contribution in [2.24, 2.45) is 5.92 Å². The van der Waals surface area contributed by atoms with Gasteiger partial charge in [-0.3, -0.25) is 0 Å². The highest BCUT2D eigenvalue weighted by Gasteiger charge is 2.24. The van der Waals surface area contributed by atoms with E-state index >= 15 is 0 Å². The molecule has 5 heteroatoms. The summed E-state index contributed by atoms with van der Waals surface area (Å²) in [6.45, 7) is 1.47. The van der Waals surface area contributed by atoms with Gasteiger partial charge in [-0.25, -0.2) is 13.1 Å². The summed E-state index contributed by atoms with van der Waals surface area (Å²) in [5, 5.41) is 3.20. The zero-order chi connectivity index (χ0) is 11.9. The fourth-order valence-corrected chi connectivity index (χ4v) is 3.21. The second kappa shape index (κ2) is 3.99. The number of rotatable bonds is 4. The van der Waals surface area contributed by atoms with Crippen LogP contribution in [0, 0.1) is 5.92 Å². The molecule has 1 fully saturated rings. The standard InChI is InChI=1S/C12H16N2O2S/c15-17(16,14-8-9-1-2-9)11-4-3-10-5-6-13-12(10)7-11/h3-4,7,9,13-14H,1-2,5-6,8H2. The molecule has 0 bridgehead atoms. The summed E-state index contributed by atoms with van der Waals surface area (Å²) in [4.78, 5) is 0.367. The highest BCUT2D eigenvalue weighted by atomic mass is 32.2. The van der Waals surface area contributed by atoms with Gasteiger partial charge in [0.15, 0.2) is 0 Å². The molecule has 0 radical (unpaired) electrons. The SMILES string of the molecule is O=S(=O)(NCC1CC1)c1ccc2c(c1)NCC2. The summed E-state index contributed by atoms with van der Waals surface area (Å²) in [5.41, 5.74) is 2.16. The van der Waals surface area contributed by atoms with Crippen LogP contribution in [0.1, 0.15) is 18.4 Å². The Morgan fingerprint density at radius 2 is 2.18 bits per heavy atom. The van der Waals surface area contributed by atoms with E-state index in [2.05, 4.69) is 10.0 Å². The number of benzene rings is 1. The Morgan fingerprint density at radius 1 is 1.35 bits per heavy atom. The quantitative estimate of drug-likeness (QED) is 0.850. The first-order valence-corrected chi connectivity index (χ1v) is 7.50. The van der Waals surface area contributed by atoms with E-state index in [0.717, 1.165) is 31.5 Å². The predicted molar refractivity (Wildman–Crippen MR) is 66.5 cm³/mol. The van der Waals surface area contributed by atoms with Crippen molar-refractivity contribution in [1.29, 1.82) is 0 Å². The smallest absolute Gasteiger partial charge is 0.240 e. The lowest BCUT2D eigenvalue weighted by Gasteiger charge is -2.08. The minimum atomic E-state index is -3.33. The molecule has 92 valence electrons. The van der Waals surface area contributed by atoms with Gasteiger partial charge in [-0.1, -0.05) is 6.07 Å². The van der Waals surface area contributed by atoms with Gasteiger partial charge in [0, 0.05) is 18.8 Å². The third-order valence-corrected chi connectivity index (χ3v) is 4.78. The molecule has 0 amide bonds. The average molecular weight is 252 g/mol. The van der Waals surface area contributed by atoms with Crippen molar-refractivity contribution in [3.63, 3.8) is 0 Å². The molecule has 3 rings (SSSR count). The van der Waals surface area contributed by atoms with Crippen LogP contribution in [-0.4, -0.2) is 21.5 Å². The van der Waals surface area contributed by atoms with Crippen LogP contribution in [0.3, 0.4) is 0 Å². The van der Waals surface area contributed by atoms with Gasteiger partial charge in [0.25, 0.3) is 0 Å². The zero-order valence-electron chi connectivity index (χ0n) is 9.57. The van der Waals surface area contributed by atoms with Gasteiger partial charge in [-0.05, 0) is 42.9 Å². The maximum atomic E-state index is 12.0. The highest BCUT2D eigenvalue weighted by molar-refractivity contribution is 7.89. The first-order chi connectivity index (χ1) is 8.15. The number of anilines is 1. The first kappa shape index (κ1) is 11.0. The highest BCUT2D eigenvalue weighted by Crippen LogP contribution is 2.29. The maximum Gasteiger partial charge on any atom is 0.240 e. The summed E-state index contributed by atoms with van der Waals surface area (Å²) in [7, 11) is -3.33. The third-order valence-electron chi connectivity index (χ3n) is 3.36. The van der Waals surface area contributed by atoms with E-state index < -0.39 is 10.0 Å². The van der Waals surface area contributed by atoms with Gasteiger partial charge in [-0.15, -0.1) is 0 Å². The van der Waals surface area contributed by atoms with Crippen LogP contribution < -0.4 is 10.0 Å². The first-order valence-electron chi connectivity index (χ1n) is 6.02. The lowest BCUT2D eigenvalue weighted by molar-refractivity contribution is 0.577. The molecule has 0 unspecified atom stereocenters. The van der Waals surface area contributed by atoms with Crippen molar-refractivity contribution in [2.45, 2.75) is 24.2 Å². The lowest BCUT2D eigenvalue weighted by atomic mass is 10.2. The summed E-state index contributed by atoms with van der Waals surface area (Å²) in [5.74, 6) is 0.553.